The second kappa shape index (κ2) is 5.52. The van der Waals surface area contributed by atoms with E-state index in [1.165, 1.54) is 0 Å². The van der Waals surface area contributed by atoms with Gasteiger partial charge in [-0.2, -0.15) is 0 Å². The van der Waals surface area contributed by atoms with Crippen LogP contribution in [0.5, 0.6) is 0 Å². The van der Waals surface area contributed by atoms with E-state index in [0.717, 1.165) is 19.5 Å². The maximum Gasteiger partial charge on any atom is 0.0215 e. The molecule has 4 N–H and O–H groups in total. The monoisotopic (exact) mass is 159 g/mol. The summed E-state index contributed by atoms with van der Waals surface area (Å²) in [5.41, 5.74) is 11.1. The van der Waals surface area contributed by atoms with Crippen molar-refractivity contribution in [2.45, 2.75) is 19.4 Å². The number of nitrogens with two attached hydrogens (primary N) is 2. The first-order chi connectivity index (χ1) is 5.11. The fourth-order valence-electron chi connectivity index (χ4n) is 1.08. The van der Waals surface area contributed by atoms with Gasteiger partial charge in [0.25, 0.3) is 0 Å². The molecule has 0 bridgehead atoms. The maximum atomic E-state index is 5.59. The minimum absolute atomic E-state index is 0.480. The molecule has 0 heterocycles. The Bertz CT molecular complexity index is 93.3. The lowest BCUT2D eigenvalue weighted by molar-refractivity contribution is 0.257. The summed E-state index contributed by atoms with van der Waals surface area (Å²) in [6, 6.07) is 0.480. The van der Waals surface area contributed by atoms with Crippen molar-refractivity contribution in [2.24, 2.45) is 17.4 Å². The highest BCUT2D eigenvalue weighted by atomic mass is 15.1. The van der Waals surface area contributed by atoms with Crippen LogP contribution in [0.1, 0.15) is 13.3 Å². The molecule has 0 fully saturated rings. The van der Waals surface area contributed by atoms with Gasteiger partial charge in [-0.15, -0.1) is 0 Å². The van der Waals surface area contributed by atoms with Crippen molar-refractivity contribution in [3.63, 3.8) is 0 Å². The quantitative estimate of drug-likeness (QED) is 0.587. The van der Waals surface area contributed by atoms with Gasteiger partial charge < -0.3 is 16.4 Å². The summed E-state index contributed by atoms with van der Waals surface area (Å²) in [6.45, 7) is 3.63. The van der Waals surface area contributed by atoms with Crippen LogP contribution in [0.15, 0.2) is 0 Å². The topological polar surface area (TPSA) is 55.3 Å². The molecule has 0 rings (SSSR count). The first-order valence-corrected chi connectivity index (χ1v) is 4.18. The molecule has 0 aromatic carbocycles. The molecule has 0 saturated carbocycles. The zero-order valence-corrected chi connectivity index (χ0v) is 7.88. The van der Waals surface area contributed by atoms with E-state index in [2.05, 4.69) is 25.9 Å². The molecule has 0 radical (unpaired) electrons. The predicted octanol–water partition coefficient (Wildman–Crippen LogP) is -0.140. The average Bonchev–Trinajstić information content (AvgIpc) is 1.99. The molecule has 0 aliphatic heterocycles. The number of hydrogen-bond acceptors (Lipinski definition) is 3. The number of likely N-dealkylation sites (N-methyl/N-ethyl adjacent to an activating group) is 1. The zero-order chi connectivity index (χ0) is 8.85. The molecule has 3 heteroatoms. The van der Waals surface area contributed by atoms with E-state index in [0.29, 0.717) is 12.0 Å². The van der Waals surface area contributed by atoms with E-state index in [-0.39, 0.29) is 0 Å². The van der Waals surface area contributed by atoms with E-state index < -0.39 is 0 Å². The first-order valence-electron chi connectivity index (χ1n) is 4.18. The molecule has 2 atom stereocenters. The highest BCUT2D eigenvalue weighted by molar-refractivity contribution is 4.70. The molecule has 0 amide bonds. The second-order valence-corrected chi connectivity index (χ2v) is 3.43. The summed E-state index contributed by atoms with van der Waals surface area (Å²) in [4.78, 5) is 2.16. The van der Waals surface area contributed by atoms with Crippen LogP contribution in [0.3, 0.4) is 0 Å². The van der Waals surface area contributed by atoms with Crippen molar-refractivity contribution < 1.29 is 0 Å². The zero-order valence-electron chi connectivity index (χ0n) is 7.88. The summed E-state index contributed by atoms with van der Waals surface area (Å²) in [7, 11) is 4.11. The second-order valence-electron chi connectivity index (χ2n) is 3.43. The van der Waals surface area contributed by atoms with Gasteiger partial charge in [-0.25, -0.2) is 0 Å². The Kier molecular flexibility index (Phi) is 5.46. The highest BCUT2D eigenvalue weighted by Gasteiger charge is 2.11. The summed E-state index contributed by atoms with van der Waals surface area (Å²) < 4.78 is 0. The number of hydrogen-bond donors (Lipinski definition) is 2. The standard InChI is InChI=1S/C8H21N3/c1-7(5-9)4-8(6-10)11(2)3/h7-8H,4-6,9-10H2,1-3H3. The Morgan fingerprint density at radius 2 is 1.73 bits per heavy atom. The van der Waals surface area contributed by atoms with E-state index in [1.54, 1.807) is 0 Å². The summed E-state index contributed by atoms with van der Waals surface area (Å²) in [5.74, 6) is 0.575. The van der Waals surface area contributed by atoms with Crippen molar-refractivity contribution in [2.75, 3.05) is 27.2 Å². The molecule has 0 spiro atoms. The van der Waals surface area contributed by atoms with Crippen LogP contribution in [0.4, 0.5) is 0 Å². The Morgan fingerprint density at radius 3 is 2.00 bits per heavy atom. The molecular weight excluding hydrogens is 138 g/mol. The van der Waals surface area contributed by atoms with Crippen molar-refractivity contribution in [3.8, 4) is 0 Å². The van der Waals surface area contributed by atoms with Gasteiger partial charge in [0.15, 0.2) is 0 Å². The summed E-state index contributed by atoms with van der Waals surface area (Å²) in [5, 5.41) is 0. The Labute approximate surface area is 69.7 Å². The van der Waals surface area contributed by atoms with Crippen LogP contribution in [-0.4, -0.2) is 38.1 Å². The van der Waals surface area contributed by atoms with Crippen LogP contribution >= 0.6 is 0 Å². The summed E-state index contributed by atoms with van der Waals surface area (Å²) >= 11 is 0. The molecule has 3 nitrogen and oxygen atoms in total. The largest absolute Gasteiger partial charge is 0.330 e. The molecule has 2 unspecified atom stereocenters. The maximum absolute atomic E-state index is 5.59. The highest BCUT2D eigenvalue weighted by Crippen LogP contribution is 2.06. The third-order valence-electron chi connectivity index (χ3n) is 2.08. The van der Waals surface area contributed by atoms with Crippen molar-refractivity contribution in [3.05, 3.63) is 0 Å². The van der Waals surface area contributed by atoms with Gasteiger partial charge in [-0.05, 0) is 33.0 Å². The lowest BCUT2D eigenvalue weighted by atomic mass is 10.0. The fourth-order valence-corrected chi connectivity index (χ4v) is 1.08. The van der Waals surface area contributed by atoms with Crippen molar-refractivity contribution >= 4 is 0 Å². The smallest absolute Gasteiger partial charge is 0.0215 e. The van der Waals surface area contributed by atoms with E-state index in [4.69, 9.17) is 11.5 Å². The van der Waals surface area contributed by atoms with E-state index in [1.807, 2.05) is 0 Å². The van der Waals surface area contributed by atoms with E-state index >= 15 is 0 Å². The minimum atomic E-state index is 0.480. The fraction of sp³-hybridized carbons (Fsp3) is 1.00. The average molecular weight is 159 g/mol. The van der Waals surface area contributed by atoms with Crippen LogP contribution in [0.25, 0.3) is 0 Å². The SMILES string of the molecule is CC(CN)CC(CN)N(C)C. The molecular formula is C8H21N3. The molecule has 11 heavy (non-hydrogen) atoms. The number of nitrogens with zero attached hydrogens (tertiary/aromatic N) is 1. The van der Waals surface area contributed by atoms with Gasteiger partial charge >= 0.3 is 0 Å². The third kappa shape index (κ3) is 4.35. The van der Waals surface area contributed by atoms with Crippen LogP contribution in [-0.2, 0) is 0 Å². The van der Waals surface area contributed by atoms with Crippen LogP contribution in [0, 0.1) is 5.92 Å². The van der Waals surface area contributed by atoms with Crippen molar-refractivity contribution in [1.29, 1.82) is 0 Å². The van der Waals surface area contributed by atoms with Gasteiger partial charge in [0.05, 0.1) is 0 Å². The minimum Gasteiger partial charge on any atom is -0.330 e. The molecule has 0 aliphatic carbocycles. The summed E-state index contributed by atoms with van der Waals surface area (Å²) in [6.07, 6.45) is 1.10. The van der Waals surface area contributed by atoms with E-state index in [9.17, 15) is 0 Å². The van der Waals surface area contributed by atoms with Crippen LogP contribution < -0.4 is 11.5 Å². The van der Waals surface area contributed by atoms with Gasteiger partial charge in [0.2, 0.25) is 0 Å². The van der Waals surface area contributed by atoms with Gasteiger partial charge in [0, 0.05) is 12.6 Å². The molecule has 0 aliphatic rings. The Morgan fingerprint density at radius 1 is 1.18 bits per heavy atom. The third-order valence-corrected chi connectivity index (χ3v) is 2.08. The lowest BCUT2D eigenvalue weighted by Gasteiger charge is -2.24. The normalized spacial score (nSPS) is 16.9. The van der Waals surface area contributed by atoms with Gasteiger partial charge in [0.1, 0.15) is 0 Å². The molecule has 0 aromatic heterocycles. The lowest BCUT2D eigenvalue weighted by Crippen LogP contribution is -2.37. The molecule has 0 aromatic rings. The van der Waals surface area contributed by atoms with Crippen molar-refractivity contribution in [1.82, 2.24) is 4.90 Å². The number of rotatable bonds is 5. The predicted molar refractivity (Wildman–Crippen MR) is 49.4 cm³/mol. The molecule has 68 valence electrons. The molecule has 0 saturated heterocycles. The Hall–Kier alpha value is -0.120. The van der Waals surface area contributed by atoms with Crippen LogP contribution in [0.2, 0.25) is 0 Å². The van der Waals surface area contributed by atoms with Gasteiger partial charge in [-0.3, -0.25) is 0 Å². The van der Waals surface area contributed by atoms with Gasteiger partial charge in [-0.1, -0.05) is 6.92 Å². The first kappa shape index (κ1) is 10.9. The Balaban J connectivity index is 3.68.